The van der Waals surface area contributed by atoms with E-state index in [1.54, 1.807) is 0 Å². The lowest BCUT2D eigenvalue weighted by molar-refractivity contribution is 0.477. The summed E-state index contributed by atoms with van der Waals surface area (Å²) in [5.74, 6) is 0. The first-order valence-corrected chi connectivity index (χ1v) is 5.79. The maximum atomic E-state index is 6.03. The van der Waals surface area contributed by atoms with Gasteiger partial charge in [0, 0.05) is 29.7 Å². The van der Waals surface area contributed by atoms with Gasteiger partial charge in [0.25, 0.3) is 0 Å². The van der Waals surface area contributed by atoms with E-state index in [0.717, 1.165) is 12.8 Å². The van der Waals surface area contributed by atoms with Crippen LogP contribution >= 0.6 is 0 Å². The summed E-state index contributed by atoms with van der Waals surface area (Å²) in [4.78, 5) is 0. The van der Waals surface area contributed by atoms with Gasteiger partial charge in [-0.2, -0.15) is 0 Å². The van der Waals surface area contributed by atoms with E-state index < -0.39 is 0 Å². The van der Waals surface area contributed by atoms with Crippen molar-refractivity contribution in [1.29, 1.82) is 0 Å². The van der Waals surface area contributed by atoms with Gasteiger partial charge in [0.05, 0.1) is 0 Å². The topological polar surface area (TPSA) is 30.9 Å². The predicted octanol–water partition coefficient (Wildman–Crippen LogP) is 2.85. The Labute approximate surface area is 97.1 Å². The van der Waals surface area contributed by atoms with Crippen LogP contribution in [0.25, 0.3) is 10.9 Å². The fourth-order valence-corrected chi connectivity index (χ4v) is 2.08. The van der Waals surface area contributed by atoms with Gasteiger partial charge in [-0.15, -0.1) is 0 Å². The Balaban J connectivity index is 2.31. The summed E-state index contributed by atoms with van der Waals surface area (Å²) in [5, 5.41) is 1.36. The van der Waals surface area contributed by atoms with Gasteiger partial charge in [-0.1, -0.05) is 18.2 Å². The summed E-state index contributed by atoms with van der Waals surface area (Å²) in [5.41, 5.74) is 8.64. The molecule has 0 aliphatic heterocycles. The van der Waals surface area contributed by atoms with E-state index in [4.69, 9.17) is 5.73 Å². The third-order valence-corrected chi connectivity index (χ3v) is 3.02. The summed E-state index contributed by atoms with van der Waals surface area (Å²) < 4.78 is 2.19. The number of rotatable bonds is 3. The molecule has 2 N–H and O–H groups in total. The molecule has 0 amide bonds. The Morgan fingerprint density at radius 2 is 1.94 bits per heavy atom. The van der Waals surface area contributed by atoms with E-state index in [0.29, 0.717) is 0 Å². The summed E-state index contributed by atoms with van der Waals surface area (Å²) in [6.45, 7) is 4.16. The molecular formula is C14H20N2. The molecule has 0 fully saturated rings. The van der Waals surface area contributed by atoms with E-state index in [9.17, 15) is 0 Å². The van der Waals surface area contributed by atoms with Crippen LogP contribution < -0.4 is 5.73 Å². The number of hydrogen-bond acceptors (Lipinski definition) is 1. The molecule has 16 heavy (non-hydrogen) atoms. The lowest BCUT2D eigenvalue weighted by Crippen LogP contribution is -2.32. The molecule has 2 heteroatoms. The minimum Gasteiger partial charge on any atom is -0.350 e. The highest BCUT2D eigenvalue weighted by atomic mass is 14.9. The smallest absolute Gasteiger partial charge is 0.0480 e. The quantitative estimate of drug-likeness (QED) is 0.840. The van der Waals surface area contributed by atoms with Crippen molar-refractivity contribution in [2.24, 2.45) is 12.8 Å². The molecule has 1 aromatic carbocycles. The Hall–Kier alpha value is -1.28. The summed E-state index contributed by atoms with van der Waals surface area (Å²) in [6, 6.07) is 8.53. The van der Waals surface area contributed by atoms with Gasteiger partial charge < -0.3 is 10.3 Å². The zero-order valence-electron chi connectivity index (χ0n) is 10.3. The van der Waals surface area contributed by atoms with Crippen molar-refractivity contribution in [3.05, 3.63) is 36.0 Å². The molecule has 0 unspecified atom stereocenters. The number of fused-ring (bicyclic) bond motifs is 1. The number of aryl methyl sites for hydroxylation is 2. The van der Waals surface area contributed by atoms with Gasteiger partial charge in [0.1, 0.15) is 0 Å². The van der Waals surface area contributed by atoms with Gasteiger partial charge in [-0.05, 0) is 38.3 Å². The van der Waals surface area contributed by atoms with Crippen LogP contribution in [0.2, 0.25) is 0 Å². The Morgan fingerprint density at radius 3 is 2.62 bits per heavy atom. The van der Waals surface area contributed by atoms with E-state index in [-0.39, 0.29) is 5.54 Å². The zero-order chi connectivity index (χ0) is 11.8. The molecule has 2 nitrogen and oxygen atoms in total. The van der Waals surface area contributed by atoms with Crippen molar-refractivity contribution >= 4 is 10.9 Å². The molecule has 0 radical (unpaired) electrons. The van der Waals surface area contributed by atoms with E-state index in [1.807, 2.05) is 0 Å². The number of nitrogens with zero attached hydrogens (tertiary/aromatic N) is 1. The average Bonchev–Trinajstić information content (AvgIpc) is 2.53. The Morgan fingerprint density at radius 1 is 1.25 bits per heavy atom. The summed E-state index contributed by atoms with van der Waals surface area (Å²) in [7, 11) is 2.10. The lowest BCUT2D eigenvalue weighted by Gasteiger charge is -2.17. The lowest BCUT2D eigenvalue weighted by atomic mass is 9.96. The first-order valence-electron chi connectivity index (χ1n) is 5.79. The van der Waals surface area contributed by atoms with Crippen LogP contribution in [0.4, 0.5) is 0 Å². The van der Waals surface area contributed by atoms with E-state index >= 15 is 0 Å². The van der Waals surface area contributed by atoms with Gasteiger partial charge >= 0.3 is 0 Å². The molecule has 86 valence electrons. The largest absolute Gasteiger partial charge is 0.350 e. The van der Waals surface area contributed by atoms with Crippen molar-refractivity contribution in [3.63, 3.8) is 0 Å². The highest BCUT2D eigenvalue weighted by Crippen LogP contribution is 2.22. The highest BCUT2D eigenvalue weighted by Gasteiger charge is 2.12. The van der Waals surface area contributed by atoms with E-state index in [1.165, 1.54) is 16.5 Å². The van der Waals surface area contributed by atoms with Crippen molar-refractivity contribution in [2.75, 3.05) is 0 Å². The van der Waals surface area contributed by atoms with E-state index in [2.05, 4.69) is 55.9 Å². The molecule has 0 saturated carbocycles. The first kappa shape index (κ1) is 11.2. The van der Waals surface area contributed by atoms with Crippen LogP contribution in [0.15, 0.2) is 30.5 Å². The third kappa shape index (κ3) is 2.27. The molecule has 0 bridgehead atoms. The van der Waals surface area contributed by atoms with Crippen molar-refractivity contribution < 1.29 is 0 Å². The molecule has 0 aliphatic rings. The highest BCUT2D eigenvalue weighted by molar-refractivity contribution is 5.83. The maximum Gasteiger partial charge on any atom is 0.0480 e. The zero-order valence-corrected chi connectivity index (χ0v) is 10.3. The van der Waals surface area contributed by atoms with Crippen molar-refractivity contribution in [3.8, 4) is 0 Å². The molecule has 1 aromatic heterocycles. The normalized spacial score (nSPS) is 12.2. The second-order valence-corrected chi connectivity index (χ2v) is 5.27. The van der Waals surface area contributed by atoms with Gasteiger partial charge in [0.15, 0.2) is 0 Å². The second kappa shape index (κ2) is 3.95. The monoisotopic (exact) mass is 216 g/mol. The molecule has 0 spiro atoms. The fourth-order valence-electron chi connectivity index (χ4n) is 2.08. The van der Waals surface area contributed by atoms with Crippen molar-refractivity contribution in [2.45, 2.75) is 32.2 Å². The summed E-state index contributed by atoms with van der Waals surface area (Å²) >= 11 is 0. The molecule has 0 atom stereocenters. The Bertz CT molecular complexity index is 489. The number of nitrogens with two attached hydrogens (primary N) is 1. The van der Waals surface area contributed by atoms with Crippen LogP contribution in [0.3, 0.4) is 0 Å². The minimum atomic E-state index is -0.0864. The average molecular weight is 216 g/mol. The molecule has 1 heterocycles. The minimum absolute atomic E-state index is 0.0864. The molecule has 0 aliphatic carbocycles. The van der Waals surface area contributed by atoms with Gasteiger partial charge in [-0.3, -0.25) is 0 Å². The number of aromatic nitrogens is 1. The fraction of sp³-hybridized carbons (Fsp3) is 0.429. The van der Waals surface area contributed by atoms with Gasteiger partial charge in [-0.25, -0.2) is 0 Å². The van der Waals surface area contributed by atoms with Crippen LogP contribution in [0.1, 0.15) is 25.8 Å². The third-order valence-electron chi connectivity index (χ3n) is 3.02. The first-order chi connectivity index (χ1) is 7.47. The SMILES string of the molecule is Cn1cc(CCC(C)(C)N)c2ccccc21. The molecule has 2 rings (SSSR count). The van der Waals surface area contributed by atoms with Gasteiger partial charge in [0.2, 0.25) is 0 Å². The van der Waals surface area contributed by atoms with Crippen LogP contribution in [0, 0.1) is 0 Å². The number of benzene rings is 1. The standard InChI is InChI=1S/C14H20N2/c1-14(2,15)9-8-11-10-16(3)13-7-5-4-6-12(11)13/h4-7,10H,8-9,15H2,1-3H3. The predicted molar refractivity (Wildman–Crippen MR) is 69.5 cm³/mol. The van der Waals surface area contributed by atoms with Crippen LogP contribution in [0.5, 0.6) is 0 Å². The second-order valence-electron chi connectivity index (χ2n) is 5.27. The number of hydrogen-bond donors (Lipinski definition) is 1. The Kier molecular flexibility index (Phi) is 2.76. The van der Waals surface area contributed by atoms with Crippen LogP contribution in [-0.4, -0.2) is 10.1 Å². The summed E-state index contributed by atoms with van der Waals surface area (Å²) in [6.07, 6.45) is 4.28. The van der Waals surface area contributed by atoms with Crippen molar-refractivity contribution in [1.82, 2.24) is 4.57 Å². The molecular weight excluding hydrogens is 196 g/mol. The molecule has 0 saturated heterocycles. The maximum absolute atomic E-state index is 6.03. The molecule has 2 aromatic rings. The number of para-hydroxylation sites is 1. The van der Waals surface area contributed by atoms with Crippen LogP contribution in [-0.2, 0) is 13.5 Å².